The van der Waals surface area contributed by atoms with Crippen LogP contribution in [0.15, 0.2) is 0 Å². The first-order chi connectivity index (χ1) is 9.72. The van der Waals surface area contributed by atoms with Gasteiger partial charge >= 0.3 is 0 Å². The highest BCUT2D eigenvalue weighted by Gasteiger charge is 2.12. The van der Waals surface area contributed by atoms with Crippen molar-refractivity contribution in [2.45, 2.75) is 46.1 Å². The van der Waals surface area contributed by atoms with Crippen LogP contribution in [0.25, 0.3) is 0 Å². The number of aromatic nitrogens is 1. The Kier molecular flexibility index (Phi) is 8.82. The van der Waals surface area contributed by atoms with Crippen molar-refractivity contribution in [3.63, 3.8) is 0 Å². The zero-order valence-electron chi connectivity index (χ0n) is 13.4. The Morgan fingerprint density at radius 3 is 2.75 bits per heavy atom. The summed E-state index contributed by atoms with van der Waals surface area (Å²) in [4.78, 5) is 8.43. The standard InChI is InChI=1S/C15H29N3OS/c1-5-7-8-10-18(3)15-17-13(6-2)14(20-15)12-16-9-11-19-4/h16H,5-12H2,1-4H3. The second kappa shape index (κ2) is 10.1. The third-order valence-electron chi connectivity index (χ3n) is 3.29. The molecule has 0 unspecified atom stereocenters. The van der Waals surface area contributed by atoms with Crippen molar-refractivity contribution in [2.24, 2.45) is 0 Å². The van der Waals surface area contributed by atoms with Gasteiger partial charge in [-0.15, -0.1) is 11.3 Å². The lowest BCUT2D eigenvalue weighted by molar-refractivity contribution is 0.199. The van der Waals surface area contributed by atoms with Crippen LogP contribution in [0, 0.1) is 0 Å². The Balaban J connectivity index is 2.53. The highest BCUT2D eigenvalue weighted by atomic mass is 32.1. The summed E-state index contributed by atoms with van der Waals surface area (Å²) in [5, 5.41) is 4.56. The van der Waals surface area contributed by atoms with Crippen LogP contribution in [-0.4, -0.2) is 38.8 Å². The minimum absolute atomic E-state index is 0.754. The number of aryl methyl sites for hydroxylation is 1. The lowest BCUT2D eigenvalue weighted by Crippen LogP contribution is -2.18. The van der Waals surface area contributed by atoms with Crippen LogP contribution < -0.4 is 10.2 Å². The van der Waals surface area contributed by atoms with E-state index in [2.05, 4.69) is 31.1 Å². The van der Waals surface area contributed by atoms with E-state index in [0.29, 0.717) is 0 Å². The van der Waals surface area contributed by atoms with Gasteiger partial charge in [0.1, 0.15) is 0 Å². The van der Waals surface area contributed by atoms with E-state index in [1.54, 1.807) is 7.11 Å². The van der Waals surface area contributed by atoms with E-state index in [-0.39, 0.29) is 0 Å². The van der Waals surface area contributed by atoms with Crippen LogP contribution in [0.4, 0.5) is 5.13 Å². The fraction of sp³-hybridized carbons (Fsp3) is 0.800. The molecule has 116 valence electrons. The van der Waals surface area contributed by atoms with Gasteiger partial charge in [0.25, 0.3) is 0 Å². The van der Waals surface area contributed by atoms with E-state index in [1.165, 1.54) is 29.8 Å². The third-order valence-corrected chi connectivity index (χ3v) is 4.51. The molecule has 0 fully saturated rings. The van der Waals surface area contributed by atoms with Gasteiger partial charge in [-0.1, -0.05) is 26.7 Å². The van der Waals surface area contributed by atoms with Crippen molar-refractivity contribution < 1.29 is 4.74 Å². The van der Waals surface area contributed by atoms with Crippen molar-refractivity contribution in [2.75, 3.05) is 38.8 Å². The number of nitrogens with zero attached hydrogens (tertiary/aromatic N) is 2. The number of thiazole rings is 1. The van der Waals surface area contributed by atoms with Crippen LogP contribution in [-0.2, 0) is 17.7 Å². The van der Waals surface area contributed by atoms with Gasteiger partial charge in [0.05, 0.1) is 12.3 Å². The Hall–Kier alpha value is -0.650. The van der Waals surface area contributed by atoms with Crippen LogP contribution in [0.2, 0.25) is 0 Å². The van der Waals surface area contributed by atoms with Crippen LogP contribution in [0.5, 0.6) is 0 Å². The molecule has 0 radical (unpaired) electrons. The summed E-state index contributed by atoms with van der Waals surface area (Å²) in [5.41, 5.74) is 1.23. The van der Waals surface area contributed by atoms with E-state index < -0.39 is 0 Å². The van der Waals surface area contributed by atoms with E-state index >= 15 is 0 Å². The molecule has 1 rings (SSSR count). The van der Waals surface area contributed by atoms with Gasteiger partial charge in [0, 0.05) is 38.7 Å². The SMILES string of the molecule is CCCCCN(C)c1nc(CC)c(CNCCOC)s1. The number of rotatable bonds is 11. The number of hydrogen-bond donors (Lipinski definition) is 1. The van der Waals surface area contributed by atoms with Gasteiger partial charge in [-0.3, -0.25) is 0 Å². The second-order valence-electron chi connectivity index (χ2n) is 5.02. The highest BCUT2D eigenvalue weighted by Crippen LogP contribution is 2.26. The molecule has 0 saturated heterocycles. The van der Waals surface area contributed by atoms with Crippen molar-refractivity contribution >= 4 is 16.5 Å². The maximum Gasteiger partial charge on any atom is 0.185 e. The molecule has 1 heterocycles. The molecule has 0 aliphatic rings. The van der Waals surface area contributed by atoms with Gasteiger partial charge in [0.15, 0.2) is 5.13 Å². The summed E-state index contributed by atoms with van der Waals surface area (Å²) < 4.78 is 5.05. The van der Waals surface area contributed by atoms with E-state index in [1.807, 2.05) is 11.3 Å². The first-order valence-corrected chi connectivity index (χ1v) is 8.43. The van der Waals surface area contributed by atoms with Gasteiger partial charge in [0.2, 0.25) is 0 Å². The summed E-state index contributed by atoms with van der Waals surface area (Å²) >= 11 is 1.82. The fourth-order valence-corrected chi connectivity index (χ4v) is 3.12. The number of nitrogens with one attached hydrogen (secondary N) is 1. The maximum atomic E-state index is 5.05. The Labute approximate surface area is 127 Å². The third kappa shape index (κ3) is 5.77. The van der Waals surface area contributed by atoms with E-state index in [9.17, 15) is 0 Å². The average molecular weight is 299 g/mol. The Morgan fingerprint density at radius 1 is 1.30 bits per heavy atom. The molecule has 0 spiro atoms. The summed E-state index contributed by atoms with van der Waals surface area (Å²) in [6.07, 6.45) is 4.80. The molecule has 0 aliphatic heterocycles. The predicted octanol–water partition coefficient (Wildman–Crippen LogP) is 3.07. The van der Waals surface area contributed by atoms with Gasteiger partial charge < -0.3 is 15.0 Å². The Morgan fingerprint density at radius 2 is 2.10 bits per heavy atom. The summed E-state index contributed by atoms with van der Waals surface area (Å²) in [5.74, 6) is 0. The second-order valence-corrected chi connectivity index (χ2v) is 6.08. The molecule has 4 nitrogen and oxygen atoms in total. The summed E-state index contributed by atoms with van der Waals surface area (Å²) in [6.45, 7) is 8.05. The largest absolute Gasteiger partial charge is 0.383 e. The quantitative estimate of drug-likeness (QED) is 0.637. The molecule has 0 saturated carbocycles. The van der Waals surface area contributed by atoms with Crippen LogP contribution in [0.3, 0.4) is 0 Å². The van der Waals surface area contributed by atoms with Crippen LogP contribution >= 0.6 is 11.3 Å². The molecule has 20 heavy (non-hydrogen) atoms. The van der Waals surface area contributed by atoms with Crippen molar-refractivity contribution in [3.8, 4) is 0 Å². The number of methoxy groups -OCH3 is 1. The lowest BCUT2D eigenvalue weighted by atomic mass is 10.2. The molecule has 0 bridgehead atoms. The first kappa shape index (κ1) is 17.4. The molecular weight excluding hydrogens is 270 g/mol. The van der Waals surface area contributed by atoms with Crippen molar-refractivity contribution in [1.82, 2.24) is 10.3 Å². The fourth-order valence-electron chi connectivity index (χ4n) is 2.02. The predicted molar refractivity (Wildman–Crippen MR) is 87.9 cm³/mol. The van der Waals surface area contributed by atoms with Crippen molar-refractivity contribution in [1.29, 1.82) is 0 Å². The zero-order valence-corrected chi connectivity index (χ0v) is 14.2. The Bertz CT molecular complexity index is 368. The lowest BCUT2D eigenvalue weighted by Gasteiger charge is -2.14. The molecular formula is C15H29N3OS. The smallest absolute Gasteiger partial charge is 0.185 e. The number of ether oxygens (including phenoxy) is 1. The normalized spacial score (nSPS) is 11.0. The highest BCUT2D eigenvalue weighted by molar-refractivity contribution is 7.15. The minimum atomic E-state index is 0.754. The molecule has 0 aliphatic carbocycles. The summed E-state index contributed by atoms with van der Waals surface area (Å²) in [6, 6.07) is 0. The molecule has 1 aromatic rings. The van der Waals surface area contributed by atoms with Gasteiger partial charge in [-0.25, -0.2) is 4.98 Å². The zero-order chi connectivity index (χ0) is 14.8. The number of unbranched alkanes of at least 4 members (excludes halogenated alkanes) is 2. The molecule has 1 N–H and O–H groups in total. The van der Waals surface area contributed by atoms with Crippen LogP contribution in [0.1, 0.15) is 43.7 Å². The average Bonchev–Trinajstić information content (AvgIpc) is 2.87. The number of hydrogen-bond acceptors (Lipinski definition) is 5. The number of anilines is 1. The monoisotopic (exact) mass is 299 g/mol. The molecule has 0 atom stereocenters. The molecule has 5 heteroatoms. The van der Waals surface area contributed by atoms with E-state index in [4.69, 9.17) is 9.72 Å². The van der Waals surface area contributed by atoms with Gasteiger partial charge in [-0.2, -0.15) is 0 Å². The maximum absolute atomic E-state index is 5.05. The molecule has 1 aromatic heterocycles. The topological polar surface area (TPSA) is 37.4 Å². The van der Waals surface area contributed by atoms with Crippen molar-refractivity contribution in [3.05, 3.63) is 10.6 Å². The summed E-state index contributed by atoms with van der Waals surface area (Å²) in [7, 11) is 3.88. The molecule has 0 aromatic carbocycles. The minimum Gasteiger partial charge on any atom is -0.383 e. The first-order valence-electron chi connectivity index (χ1n) is 7.62. The van der Waals surface area contributed by atoms with E-state index in [0.717, 1.165) is 37.8 Å². The van der Waals surface area contributed by atoms with Gasteiger partial charge in [-0.05, 0) is 12.8 Å². The molecule has 0 amide bonds.